The fourth-order valence-corrected chi connectivity index (χ4v) is 1.79. The van der Waals surface area contributed by atoms with Crippen LogP contribution in [-0.2, 0) is 0 Å². The van der Waals surface area contributed by atoms with E-state index in [4.69, 9.17) is 0 Å². The molecule has 2 atom stereocenters. The molecule has 0 aromatic rings. The van der Waals surface area contributed by atoms with Gasteiger partial charge >= 0.3 is 0 Å². The summed E-state index contributed by atoms with van der Waals surface area (Å²) >= 11 is 2.12. The smallest absolute Gasteiger partial charge is 0.0166 e. The Morgan fingerprint density at radius 2 is 2.14 bits per heavy atom. The molecule has 1 aliphatic rings. The van der Waals surface area contributed by atoms with E-state index in [9.17, 15) is 0 Å². The Balaban J connectivity index is 1.98. The van der Waals surface area contributed by atoms with Gasteiger partial charge in [-0.25, -0.2) is 0 Å². The zero-order valence-electron chi connectivity index (χ0n) is 4.98. The second kappa shape index (κ2) is 2.08. The molecule has 1 heteroatoms. The topological polar surface area (TPSA) is 0 Å². The van der Waals surface area contributed by atoms with E-state index < -0.39 is 0 Å². The summed E-state index contributed by atoms with van der Waals surface area (Å²) in [6.45, 7) is 4.57. The van der Waals surface area contributed by atoms with E-state index in [1.165, 1.54) is 12.8 Å². The summed E-state index contributed by atoms with van der Waals surface area (Å²) in [4.78, 5) is 0. The van der Waals surface area contributed by atoms with Crippen LogP contribution in [0.4, 0.5) is 0 Å². The van der Waals surface area contributed by atoms with E-state index in [0.717, 1.165) is 10.5 Å². The van der Waals surface area contributed by atoms with Gasteiger partial charge in [0.2, 0.25) is 0 Å². The lowest BCUT2D eigenvalue weighted by Crippen LogP contribution is -1.85. The van der Waals surface area contributed by atoms with Crippen molar-refractivity contribution in [1.29, 1.82) is 0 Å². The fourth-order valence-electron chi connectivity index (χ4n) is 0.818. The molecule has 1 heterocycles. The molecule has 0 saturated carbocycles. The summed E-state index contributed by atoms with van der Waals surface area (Å²) in [5.41, 5.74) is 0. The minimum absolute atomic E-state index is 0.986. The van der Waals surface area contributed by atoms with E-state index in [-0.39, 0.29) is 0 Å². The van der Waals surface area contributed by atoms with Gasteiger partial charge in [0.15, 0.2) is 0 Å². The van der Waals surface area contributed by atoms with Crippen molar-refractivity contribution in [3.63, 3.8) is 0 Å². The molecule has 0 radical (unpaired) electrons. The van der Waals surface area contributed by atoms with E-state index in [1.54, 1.807) is 0 Å². The molecule has 1 aliphatic heterocycles. The highest BCUT2D eigenvalue weighted by molar-refractivity contribution is 8.07. The predicted molar refractivity (Wildman–Crippen MR) is 35.7 cm³/mol. The van der Waals surface area contributed by atoms with E-state index in [2.05, 4.69) is 25.6 Å². The quantitative estimate of drug-likeness (QED) is 0.499. The highest BCUT2D eigenvalue weighted by Gasteiger charge is 2.31. The average Bonchev–Trinajstić information content (AvgIpc) is 2.22. The minimum Gasteiger partial charge on any atom is -0.153 e. The molecule has 0 nitrogen and oxygen atoms in total. The molecule has 0 N–H and O–H groups in total. The van der Waals surface area contributed by atoms with Crippen molar-refractivity contribution < 1.29 is 0 Å². The Bertz CT molecular complexity index is 61.2. The molecule has 1 fully saturated rings. The van der Waals surface area contributed by atoms with Crippen LogP contribution in [0.1, 0.15) is 26.7 Å². The molecule has 1 rings (SSSR count). The maximum atomic E-state index is 2.31. The first-order chi connectivity index (χ1) is 3.34. The molecule has 0 unspecified atom stereocenters. The Morgan fingerprint density at radius 3 is 2.29 bits per heavy atom. The maximum Gasteiger partial charge on any atom is 0.0166 e. The lowest BCUT2D eigenvalue weighted by Gasteiger charge is -1.84. The standard InChI is InChI=1S/C6H12S/c1-3-4-6-5(2)7-6/h5-6H,3-4H2,1-2H3/t5-,6+/m0/s1. The molecule has 7 heavy (non-hydrogen) atoms. The Morgan fingerprint density at radius 1 is 1.57 bits per heavy atom. The normalized spacial score (nSPS) is 38.6. The van der Waals surface area contributed by atoms with E-state index >= 15 is 0 Å². The molecule has 42 valence electrons. The summed E-state index contributed by atoms with van der Waals surface area (Å²) in [7, 11) is 0. The van der Waals surface area contributed by atoms with Gasteiger partial charge in [-0.15, -0.1) is 0 Å². The number of thioether (sulfide) groups is 1. The number of rotatable bonds is 2. The van der Waals surface area contributed by atoms with Gasteiger partial charge in [0.05, 0.1) is 0 Å². The zero-order chi connectivity index (χ0) is 5.28. The van der Waals surface area contributed by atoms with Crippen LogP contribution in [-0.4, -0.2) is 10.5 Å². The van der Waals surface area contributed by atoms with Gasteiger partial charge in [-0.1, -0.05) is 20.3 Å². The molecule has 0 aliphatic carbocycles. The van der Waals surface area contributed by atoms with Crippen LogP contribution in [0.3, 0.4) is 0 Å². The van der Waals surface area contributed by atoms with Crippen molar-refractivity contribution in [1.82, 2.24) is 0 Å². The van der Waals surface area contributed by atoms with Gasteiger partial charge in [0, 0.05) is 10.5 Å². The summed E-state index contributed by atoms with van der Waals surface area (Å²) in [6, 6.07) is 0. The second-order valence-corrected chi connectivity index (χ2v) is 3.79. The van der Waals surface area contributed by atoms with Gasteiger partial charge in [0.25, 0.3) is 0 Å². The van der Waals surface area contributed by atoms with Crippen LogP contribution in [0.5, 0.6) is 0 Å². The van der Waals surface area contributed by atoms with Crippen LogP contribution in [0.25, 0.3) is 0 Å². The average molecular weight is 116 g/mol. The van der Waals surface area contributed by atoms with Gasteiger partial charge < -0.3 is 0 Å². The molecule has 0 amide bonds. The molecule has 0 bridgehead atoms. The molecular formula is C6H12S. The first kappa shape index (κ1) is 5.49. The minimum atomic E-state index is 0.986. The third-order valence-electron chi connectivity index (χ3n) is 1.41. The molecule has 0 aromatic heterocycles. The van der Waals surface area contributed by atoms with Gasteiger partial charge in [-0.05, 0) is 6.42 Å². The lowest BCUT2D eigenvalue weighted by atomic mass is 10.2. The molecule has 1 saturated heterocycles. The van der Waals surface area contributed by atoms with Crippen molar-refractivity contribution in [3.05, 3.63) is 0 Å². The predicted octanol–water partition coefficient (Wildman–Crippen LogP) is 2.29. The summed E-state index contributed by atoms with van der Waals surface area (Å²) in [5, 5.41) is 2.02. The molecule has 0 spiro atoms. The monoisotopic (exact) mass is 116 g/mol. The SMILES string of the molecule is CCC[C@H]1S[C@H]1C. The van der Waals surface area contributed by atoms with Crippen LogP contribution in [0.15, 0.2) is 0 Å². The van der Waals surface area contributed by atoms with Crippen LogP contribution >= 0.6 is 11.8 Å². The Labute approximate surface area is 49.7 Å². The highest BCUT2D eigenvalue weighted by Crippen LogP contribution is 2.43. The zero-order valence-corrected chi connectivity index (χ0v) is 5.79. The third kappa shape index (κ3) is 1.37. The number of hydrogen-bond acceptors (Lipinski definition) is 1. The second-order valence-electron chi connectivity index (χ2n) is 2.17. The summed E-state index contributed by atoms with van der Waals surface area (Å²) in [5.74, 6) is 0. The van der Waals surface area contributed by atoms with Crippen LogP contribution in [0, 0.1) is 0 Å². The largest absolute Gasteiger partial charge is 0.153 e. The van der Waals surface area contributed by atoms with Crippen molar-refractivity contribution in [2.45, 2.75) is 37.2 Å². The fraction of sp³-hybridized carbons (Fsp3) is 1.00. The molecule has 0 aromatic carbocycles. The Kier molecular flexibility index (Phi) is 1.63. The Hall–Kier alpha value is 0.350. The van der Waals surface area contributed by atoms with Crippen molar-refractivity contribution in [3.8, 4) is 0 Å². The van der Waals surface area contributed by atoms with Gasteiger partial charge in [0.1, 0.15) is 0 Å². The lowest BCUT2D eigenvalue weighted by molar-refractivity contribution is 0.787. The third-order valence-corrected chi connectivity index (χ3v) is 2.85. The van der Waals surface area contributed by atoms with Gasteiger partial charge in [-0.2, -0.15) is 11.8 Å². The highest BCUT2D eigenvalue weighted by atomic mass is 32.2. The van der Waals surface area contributed by atoms with E-state index in [1.807, 2.05) is 0 Å². The van der Waals surface area contributed by atoms with Crippen molar-refractivity contribution >= 4 is 11.8 Å². The van der Waals surface area contributed by atoms with E-state index in [0.29, 0.717) is 0 Å². The van der Waals surface area contributed by atoms with Gasteiger partial charge in [-0.3, -0.25) is 0 Å². The van der Waals surface area contributed by atoms with Crippen LogP contribution in [0.2, 0.25) is 0 Å². The van der Waals surface area contributed by atoms with Crippen molar-refractivity contribution in [2.24, 2.45) is 0 Å². The summed E-state index contributed by atoms with van der Waals surface area (Å²) in [6.07, 6.45) is 2.80. The summed E-state index contributed by atoms with van der Waals surface area (Å²) < 4.78 is 0. The van der Waals surface area contributed by atoms with Crippen LogP contribution < -0.4 is 0 Å². The maximum absolute atomic E-state index is 2.31. The first-order valence-corrected chi connectivity index (χ1v) is 3.94. The first-order valence-electron chi connectivity index (χ1n) is 3.00. The molecular weight excluding hydrogens is 104 g/mol. The van der Waals surface area contributed by atoms with Crippen molar-refractivity contribution in [2.75, 3.05) is 0 Å². The number of hydrogen-bond donors (Lipinski definition) is 0.